The fourth-order valence-corrected chi connectivity index (χ4v) is 1.36. The van der Waals surface area contributed by atoms with E-state index in [1.807, 2.05) is 13.0 Å². The first-order valence-corrected chi connectivity index (χ1v) is 5.58. The molecule has 17 heavy (non-hydrogen) atoms. The number of rotatable bonds is 5. The van der Waals surface area contributed by atoms with Gasteiger partial charge in [0.2, 0.25) is 0 Å². The molecule has 0 saturated carbocycles. The van der Waals surface area contributed by atoms with E-state index < -0.39 is 11.5 Å². The van der Waals surface area contributed by atoms with E-state index in [0.29, 0.717) is 10.8 Å². The molecule has 94 valence electrons. The quantitative estimate of drug-likeness (QED) is 0.848. The van der Waals surface area contributed by atoms with Gasteiger partial charge in [-0.05, 0) is 38.6 Å². The summed E-state index contributed by atoms with van der Waals surface area (Å²) in [6, 6.07) is 5.37. The van der Waals surface area contributed by atoms with Gasteiger partial charge < -0.3 is 15.2 Å². The topological polar surface area (TPSA) is 58.6 Å². The number of likely N-dealkylation sites (N-methyl/N-ethyl adjacent to an activating group) is 1. The average Bonchev–Trinajstić information content (AvgIpc) is 2.29. The summed E-state index contributed by atoms with van der Waals surface area (Å²) in [5.41, 5.74) is -0.126. The lowest BCUT2D eigenvalue weighted by Crippen LogP contribution is -2.52. The van der Waals surface area contributed by atoms with E-state index in [9.17, 15) is 4.79 Å². The van der Waals surface area contributed by atoms with Gasteiger partial charge in [-0.2, -0.15) is 0 Å². The zero-order valence-corrected chi connectivity index (χ0v) is 10.8. The molecule has 0 aromatic heterocycles. The van der Waals surface area contributed by atoms with Crippen molar-refractivity contribution in [3.8, 4) is 5.75 Å². The normalized spacial score (nSPS) is 14.1. The number of carboxylic acids is 1. The van der Waals surface area contributed by atoms with Crippen LogP contribution in [0.4, 0.5) is 0 Å². The highest BCUT2D eigenvalue weighted by atomic mass is 35.5. The Morgan fingerprint density at radius 1 is 1.59 bits per heavy atom. The monoisotopic (exact) mass is 257 g/mol. The fourth-order valence-electron chi connectivity index (χ4n) is 1.18. The van der Waals surface area contributed by atoms with Crippen molar-refractivity contribution in [3.05, 3.63) is 28.8 Å². The van der Waals surface area contributed by atoms with Crippen molar-refractivity contribution in [2.24, 2.45) is 0 Å². The Bertz CT molecular complexity index is 422. The van der Waals surface area contributed by atoms with Gasteiger partial charge in [-0.3, -0.25) is 4.79 Å². The minimum absolute atomic E-state index is 0.00199. The molecule has 0 spiro atoms. The first kappa shape index (κ1) is 13.8. The van der Waals surface area contributed by atoms with Gasteiger partial charge in [-0.1, -0.05) is 17.7 Å². The number of hydrogen-bond donors (Lipinski definition) is 2. The highest BCUT2D eigenvalue weighted by molar-refractivity contribution is 6.32. The molecular formula is C12H16ClNO3. The molecule has 4 nitrogen and oxygen atoms in total. The number of aryl methyl sites for hydroxylation is 1. The van der Waals surface area contributed by atoms with Gasteiger partial charge in [0.1, 0.15) is 17.9 Å². The minimum Gasteiger partial charge on any atom is -0.489 e. The summed E-state index contributed by atoms with van der Waals surface area (Å²) in [6.45, 7) is 3.47. The van der Waals surface area contributed by atoms with Crippen molar-refractivity contribution in [1.29, 1.82) is 0 Å². The van der Waals surface area contributed by atoms with E-state index >= 15 is 0 Å². The fraction of sp³-hybridized carbons (Fsp3) is 0.417. The lowest BCUT2D eigenvalue weighted by Gasteiger charge is -2.24. The summed E-state index contributed by atoms with van der Waals surface area (Å²) in [6.07, 6.45) is 0. The third-order valence-electron chi connectivity index (χ3n) is 2.63. The molecule has 0 fully saturated rings. The minimum atomic E-state index is -1.13. The lowest BCUT2D eigenvalue weighted by atomic mass is 10.1. The standard InChI is InChI=1S/C12H16ClNO3/c1-8-4-5-9(13)10(6-8)17-7-12(2,14-3)11(15)16/h4-6,14H,7H2,1-3H3,(H,15,16). The second kappa shape index (κ2) is 5.38. The molecule has 0 amide bonds. The van der Waals surface area contributed by atoms with Crippen LogP contribution < -0.4 is 10.1 Å². The van der Waals surface area contributed by atoms with Gasteiger partial charge in [0.15, 0.2) is 0 Å². The van der Waals surface area contributed by atoms with Crippen molar-refractivity contribution >= 4 is 17.6 Å². The number of carbonyl (C=O) groups is 1. The van der Waals surface area contributed by atoms with Gasteiger partial charge in [0.05, 0.1) is 5.02 Å². The van der Waals surface area contributed by atoms with Crippen LogP contribution in [0.3, 0.4) is 0 Å². The number of hydrogen-bond acceptors (Lipinski definition) is 3. The van der Waals surface area contributed by atoms with Gasteiger partial charge in [-0.25, -0.2) is 0 Å². The second-order valence-electron chi connectivity index (χ2n) is 4.11. The Labute approximate surface area is 106 Å². The largest absolute Gasteiger partial charge is 0.489 e. The summed E-state index contributed by atoms with van der Waals surface area (Å²) in [5.74, 6) is -0.474. The molecule has 1 rings (SSSR count). The molecule has 5 heteroatoms. The third-order valence-corrected chi connectivity index (χ3v) is 2.94. The molecule has 1 aromatic carbocycles. The van der Waals surface area contributed by atoms with Crippen molar-refractivity contribution < 1.29 is 14.6 Å². The number of ether oxygens (including phenoxy) is 1. The Balaban J connectivity index is 2.79. The number of benzene rings is 1. The second-order valence-corrected chi connectivity index (χ2v) is 4.52. The molecule has 0 saturated heterocycles. The molecular weight excluding hydrogens is 242 g/mol. The predicted octanol–water partition coefficient (Wildman–Crippen LogP) is 2.09. The molecule has 1 atom stereocenters. The van der Waals surface area contributed by atoms with Crippen LogP contribution in [0.15, 0.2) is 18.2 Å². The Kier molecular flexibility index (Phi) is 4.37. The number of carboxylic acid groups (broad SMARTS) is 1. The Hall–Kier alpha value is -1.26. The van der Waals surface area contributed by atoms with Crippen LogP contribution in [0.2, 0.25) is 5.02 Å². The van der Waals surface area contributed by atoms with Crippen LogP contribution in [0.1, 0.15) is 12.5 Å². The van der Waals surface area contributed by atoms with E-state index in [1.54, 1.807) is 26.1 Å². The maximum Gasteiger partial charge on any atom is 0.327 e. The van der Waals surface area contributed by atoms with Gasteiger partial charge in [0, 0.05) is 0 Å². The summed E-state index contributed by atoms with van der Waals surface area (Å²) in [7, 11) is 1.58. The molecule has 2 N–H and O–H groups in total. The summed E-state index contributed by atoms with van der Waals surface area (Å²) < 4.78 is 5.46. The smallest absolute Gasteiger partial charge is 0.327 e. The van der Waals surface area contributed by atoms with E-state index in [2.05, 4.69) is 5.32 Å². The van der Waals surface area contributed by atoms with E-state index in [0.717, 1.165) is 5.56 Å². The maximum atomic E-state index is 11.0. The summed E-state index contributed by atoms with van der Waals surface area (Å²) in [5, 5.41) is 12.2. The third kappa shape index (κ3) is 3.35. The molecule has 0 aliphatic heterocycles. The predicted molar refractivity (Wildman–Crippen MR) is 66.8 cm³/mol. The summed E-state index contributed by atoms with van der Waals surface area (Å²) in [4.78, 5) is 11.0. The van der Waals surface area contributed by atoms with E-state index in [1.165, 1.54) is 0 Å². The Morgan fingerprint density at radius 3 is 2.76 bits per heavy atom. The number of halogens is 1. The van der Waals surface area contributed by atoms with Crippen molar-refractivity contribution in [2.75, 3.05) is 13.7 Å². The van der Waals surface area contributed by atoms with Crippen LogP contribution in [0.25, 0.3) is 0 Å². The van der Waals surface area contributed by atoms with Crippen molar-refractivity contribution in [1.82, 2.24) is 5.32 Å². The van der Waals surface area contributed by atoms with Crippen LogP contribution in [0, 0.1) is 6.92 Å². The van der Waals surface area contributed by atoms with Crippen LogP contribution in [-0.4, -0.2) is 30.3 Å². The van der Waals surface area contributed by atoms with Crippen LogP contribution >= 0.6 is 11.6 Å². The maximum absolute atomic E-state index is 11.0. The highest BCUT2D eigenvalue weighted by Gasteiger charge is 2.32. The van der Waals surface area contributed by atoms with E-state index in [4.69, 9.17) is 21.4 Å². The Morgan fingerprint density at radius 2 is 2.24 bits per heavy atom. The molecule has 1 unspecified atom stereocenters. The molecule has 0 heterocycles. The zero-order chi connectivity index (χ0) is 13.1. The average molecular weight is 258 g/mol. The SMILES string of the molecule is CNC(C)(COc1cc(C)ccc1Cl)C(=O)O. The number of nitrogens with one attached hydrogen (secondary N) is 1. The van der Waals surface area contributed by atoms with Crippen LogP contribution in [-0.2, 0) is 4.79 Å². The molecule has 0 aliphatic carbocycles. The molecule has 1 aromatic rings. The van der Waals surface area contributed by atoms with E-state index in [-0.39, 0.29) is 6.61 Å². The van der Waals surface area contributed by atoms with Gasteiger partial charge >= 0.3 is 5.97 Å². The first-order chi connectivity index (χ1) is 7.89. The van der Waals surface area contributed by atoms with Gasteiger partial charge in [-0.15, -0.1) is 0 Å². The van der Waals surface area contributed by atoms with Crippen molar-refractivity contribution in [2.45, 2.75) is 19.4 Å². The molecule has 0 radical (unpaired) electrons. The zero-order valence-electron chi connectivity index (χ0n) is 10.1. The van der Waals surface area contributed by atoms with Crippen LogP contribution in [0.5, 0.6) is 5.75 Å². The highest BCUT2D eigenvalue weighted by Crippen LogP contribution is 2.26. The molecule has 0 bridgehead atoms. The van der Waals surface area contributed by atoms with Crippen molar-refractivity contribution in [3.63, 3.8) is 0 Å². The molecule has 0 aliphatic rings. The first-order valence-electron chi connectivity index (χ1n) is 5.20. The lowest BCUT2D eigenvalue weighted by molar-refractivity contribution is -0.145. The summed E-state index contributed by atoms with van der Waals surface area (Å²) >= 11 is 5.96. The number of aliphatic carboxylic acids is 1. The van der Waals surface area contributed by atoms with Gasteiger partial charge in [0.25, 0.3) is 0 Å².